The Hall–Kier alpha value is -1.50. The van der Waals surface area contributed by atoms with Crippen LogP contribution in [0.5, 0.6) is 0 Å². The van der Waals surface area contributed by atoms with Crippen LogP contribution in [0.2, 0.25) is 0 Å². The lowest BCUT2D eigenvalue weighted by Crippen LogP contribution is -2.27. The highest BCUT2D eigenvalue weighted by Crippen LogP contribution is 2.16. The molecule has 0 aliphatic carbocycles. The summed E-state index contributed by atoms with van der Waals surface area (Å²) in [6.45, 7) is 0.862. The average Bonchev–Trinajstić information content (AvgIpc) is 2.30. The van der Waals surface area contributed by atoms with Crippen LogP contribution in [-0.4, -0.2) is 26.1 Å². The number of halogens is 1. The molecule has 1 aromatic carbocycles. The van der Waals surface area contributed by atoms with Crippen molar-refractivity contribution in [3.8, 4) is 0 Å². The van der Waals surface area contributed by atoms with Gasteiger partial charge in [0.2, 0.25) is 0 Å². The minimum absolute atomic E-state index is 0.0263. The largest absolute Gasteiger partial charge is 0.281 e. The molecule has 7 heteroatoms. The fourth-order valence-corrected chi connectivity index (χ4v) is 2.41. The van der Waals surface area contributed by atoms with E-state index in [4.69, 9.17) is 0 Å². The molecule has 94 valence electrons. The van der Waals surface area contributed by atoms with Gasteiger partial charge >= 0.3 is 0 Å². The Morgan fingerprint density at radius 1 is 1.29 bits per heavy atom. The predicted molar refractivity (Wildman–Crippen MR) is 61.5 cm³/mol. The van der Waals surface area contributed by atoms with Crippen LogP contribution in [-0.2, 0) is 10.0 Å². The molecule has 1 rings (SSSR count). The highest BCUT2D eigenvalue weighted by molar-refractivity contribution is 7.89. The van der Waals surface area contributed by atoms with Crippen molar-refractivity contribution in [3.63, 3.8) is 0 Å². The van der Waals surface area contributed by atoms with Crippen molar-refractivity contribution in [3.05, 3.63) is 34.7 Å². The molecule has 0 bridgehead atoms. The summed E-state index contributed by atoms with van der Waals surface area (Å²) in [6, 6.07) is 6.01. The molecule has 0 aliphatic rings. The smallest absolute Gasteiger partial charge is 0.251 e. The highest BCUT2D eigenvalue weighted by atomic mass is 32.2. The van der Waals surface area contributed by atoms with Crippen LogP contribution in [0.1, 0.15) is 12.0 Å². The average molecular weight is 260 g/mol. The zero-order chi connectivity index (χ0) is 12.9. The summed E-state index contributed by atoms with van der Waals surface area (Å²) in [5.74, 6) is 0. The van der Waals surface area contributed by atoms with E-state index in [1.165, 1.54) is 12.1 Å². The van der Waals surface area contributed by atoms with E-state index in [9.17, 15) is 17.7 Å². The zero-order valence-electron chi connectivity index (χ0n) is 9.34. The van der Waals surface area contributed by atoms with Gasteiger partial charge in [0.05, 0.1) is 23.4 Å². The summed E-state index contributed by atoms with van der Waals surface area (Å²) in [5.41, 5.74) is 0.901. The van der Waals surface area contributed by atoms with Crippen molar-refractivity contribution in [2.24, 2.45) is 5.29 Å². The van der Waals surface area contributed by atoms with Gasteiger partial charge in [-0.05, 0) is 25.5 Å². The number of aryl methyl sites for hydroxylation is 1. The zero-order valence-corrected chi connectivity index (χ0v) is 10.2. The quantitative estimate of drug-likeness (QED) is 0.580. The first-order valence-corrected chi connectivity index (χ1v) is 6.45. The van der Waals surface area contributed by atoms with E-state index in [1.54, 1.807) is 12.1 Å². The number of hydrogen-bond donors (Lipinski definition) is 0. The van der Waals surface area contributed by atoms with Gasteiger partial charge in [-0.3, -0.25) is 4.39 Å². The Balaban J connectivity index is 2.99. The number of rotatable bonds is 6. The molecule has 0 heterocycles. The molecular weight excluding hydrogens is 247 g/mol. The van der Waals surface area contributed by atoms with Crippen molar-refractivity contribution < 1.29 is 12.8 Å². The second kappa shape index (κ2) is 5.72. The molecule has 0 unspecified atom stereocenters. The molecular formula is C10H13FN2O3S. The summed E-state index contributed by atoms with van der Waals surface area (Å²) in [4.78, 5) is 10.4. The molecule has 0 spiro atoms. The van der Waals surface area contributed by atoms with Crippen molar-refractivity contribution in [2.45, 2.75) is 18.2 Å². The van der Waals surface area contributed by atoms with E-state index in [2.05, 4.69) is 5.29 Å². The first-order valence-electron chi connectivity index (χ1n) is 5.01. The Morgan fingerprint density at radius 3 is 2.35 bits per heavy atom. The number of nitroso groups, excluding NO2 is 1. The van der Waals surface area contributed by atoms with E-state index in [0.29, 0.717) is 4.41 Å². The van der Waals surface area contributed by atoms with Gasteiger partial charge in [-0.2, -0.15) is 12.8 Å². The Kier molecular flexibility index (Phi) is 4.56. The van der Waals surface area contributed by atoms with Crippen LogP contribution < -0.4 is 0 Å². The first kappa shape index (κ1) is 13.6. The SMILES string of the molecule is Cc1ccc(S(=O)(=O)N(CCCF)N=O)cc1. The summed E-state index contributed by atoms with van der Waals surface area (Å²) >= 11 is 0. The van der Waals surface area contributed by atoms with Gasteiger partial charge in [0.25, 0.3) is 10.0 Å². The molecule has 1 aromatic rings. The Morgan fingerprint density at radius 2 is 1.88 bits per heavy atom. The number of benzene rings is 1. The van der Waals surface area contributed by atoms with Gasteiger partial charge in [0.15, 0.2) is 0 Å². The summed E-state index contributed by atoms with van der Waals surface area (Å²) in [7, 11) is -3.95. The molecule has 0 N–H and O–H groups in total. The van der Waals surface area contributed by atoms with Gasteiger partial charge in [-0.1, -0.05) is 17.7 Å². The molecule has 17 heavy (non-hydrogen) atoms. The second-order valence-corrected chi connectivity index (χ2v) is 5.33. The van der Waals surface area contributed by atoms with Gasteiger partial charge in [-0.25, -0.2) is 0 Å². The van der Waals surface area contributed by atoms with Crippen LogP contribution in [0.15, 0.2) is 34.4 Å². The van der Waals surface area contributed by atoms with E-state index < -0.39 is 16.7 Å². The van der Waals surface area contributed by atoms with E-state index in [0.717, 1.165) is 5.56 Å². The molecule has 0 fully saturated rings. The lowest BCUT2D eigenvalue weighted by molar-refractivity contribution is 0.380. The molecule has 0 amide bonds. The monoisotopic (exact) mass is 260 g/mol. The minimum Gasteiger partial charge on any atom is -0.251 e. The van der Waals surface area contributed by atoms with Crippen molar-refractivity contribution in [1.29, 1.82) is 0 Å². The van der Waals surface area contributed by atoms with Crippen molar-refractivity contribution >= 4 is 10.0 Å². The second-order valence-electron chi connectivity index (χ2n) is 3.49. The molecule has 5 nitrogen and oxygen atoms in total. The van der Waals surface area contributed by atoms with Crippen LogP contribution in [0.4, 0.5) is 4.39 Å². The van der Waals surface area contributed by atoms with E-state index in [1.807, 2.05) is 6.92 Å². The third kappa shape index (κ3) is 3.23. The third-order valence-electron chi connectivity index (χ3n) is 2.17. The van der Waals surface area contributed by atoms with Gasteiger partial charge < -0.3 is 0 Å². The highest BCUT2D eigenvalue weighted by Gasteiger charge is 2.23. The van der Waals surface area contributed by atoms with Crippen LogP contribution in [0.3, 0.4) is 0 Å². The fraction of sp³-hybridized carbons (Fsp3) is 0.400. The minimum atomic E-state index is -3.95. The lowest BCUT2D eigenvalue weighted by Gasteiger charge is -2.14. The fourth-order valence-electron chi connectivity index (χ4n) is 1.23. The topological polar surface area (TPSA) is 66.8 Å². The molecule has 0 saturated heterocycles. The summed E-state index contributed by atoms with van der Waals surface area (Å²) in [6.07, 6.45) is -0.0587. The number of alkyl halides is 1. The molecule has 0 saturated carbocycles. The van der Waals surface area contributed by atoms with Crippen molar-refractivity contribution in [2.75, 3.05) is 13.2 Å². The Bertz CT molecular complexity index is 473. The number of hydrogen-bond acceptors (Lipinski definition) is 4. The van der Waals surface area contributed by atoms with Gasteiger partial charge in [0.1, 0.15) is 0 Å². The lowest BCUT2D eigenvalue weighted by atomic mass is 10.2. The van der Waals surface area contributed by atoms with E-state index >= 15 is 0 Å². The van der Waals surface area contributed by atoms with E-state index in [-0.39, 0.29) is 17.9 Å². The van der Waals surface area contributed by atoms with Crippen LogP contribution >= 0.6 is 0 Å². The van der Waals surface area contributed by atoms with Gasteiger partial charge in [-0.15, -0.1) is 4.91 Å². The van der Waals surface area contributed by atoms with Crippen LogP contribution in [0, 0.1) is 11.8 Å². The van der Waals surface area contributed by atoms with Crippen LogP contribution in [0.25, 0.3) is 0 Å². The molecule has 0 radical (unpaired) electrons. The molecule has 0 atom stereocenters. The third-order valence-corrected chi connectivity index (χ3v) is 3.84. The standard InChI is InChI=1S/C10H13FN2O3S/c1-9-3-5-10(6-4-9)17(15,16)13(12-14)8-2-7-11/h3-6H,2,7-8H2,1H3. The molecule has 0 aromatic heterocycles. The number of sulfonamides is 1. The normalized spacial score (nSPS) is 11.2. The predicted octanol–water partition coefficient (Wildman–Crippen LogP) is 2.03. The van der Waals surface area contributed by atoms with Gasteiger partial charge in [0, 0.05) is 0 Å². The summed E-state index contributed by atoms with van der Waals surface area (Å²) < 4.78 is 36.1. The summed E-state index contributed by atoms with van der Waals surface area (Å²) in [5, 5.41) is 2.42. The molecule has 0 aliphatic heterocycles. The maximum Gasteiger partial charge on any atom is 0.281 e. The maximum atomic E-state index is 12.0. The number of nitrogens with zero attached hydrogens (tertiary/aromatic N) is 2. The van der Waals surface area contributed by atoms with Crippen molar-refractivity contribution in [1.82, 2.24) is 4.41 Å². The Labute approximate surface area is 99.2 Å². The maximum absolute atomic E-state index is 12.0. The first-order chi connectivity index (χ1) is 8.02.